The molecule has 2 aliphatic heterocycles. The summed E-state index contributed by atoms with van der Waals surface area (Å²) in [4.78, 5) is 43.6. The molecule has 3 N–H and O–H groups in total. The Morgan fingerprint density at radius 2 is 1.20 bits per heavy atom. The minimum Gasteiger partial charge on any atom is -0.444 e. The molecule has 4 fully saturated rings. The molecule has 4 rings (SSSR count). The van der Waals surface area contributed by atoms with E-state index in [0.29, 0.717) is 62.9 Å². The minimum atomic E-state index is -0.460. The van der Waals surface area contributed by atoms with Gasteiger partial charge < -0.3 is 30.3 Å². The monoisotopic (exact) mass is 690 g/mol. The molecule has 278 valence electrons. The number of piperidine rings is 2. The van der Waals surface area contributed by atoms with Gasteiger partial charge in [-0.15, -0.1) is 0 Å². The highest BCUT2D eigenvalue weighted by molar-refractivity contribution is 5.81. The highest BCUT2D eigenvalue weighted by Gasteiger charge is 2.31. The highest BCUT2D eigenvalue weighted by atomic mass is 16.6. The molecule has 0 radical (unpaired) electrons. The molecule has 2 aliphatic carbocycles. The molecule has 2 heterocycles. The number of nitrogens with two attached hydrogens (primary N) is 1. The van der Waals surface area contributed by atoms with E-state index in [2.05, 4.69) is 25.4 Å². The van der Waals surface area contributed by atoms with Crippen LogP contribution in [0, 0.1) is 11.8 Å². The van der Waals surface area contributed by atoms with Crippen LogP contribution in [0.25, 0.3) is 20.9 Å². The highest BCUT2D eigenvalue weighted by Crippen LogP contribution is 2.27. The zero-order chi connectivity index (χ0) is 36.5. The summed E-state index contributed by atoms with van der Waals surface area (Å²) in [6.45, 7) is 14.8. The summed E-state index contributed by atoms with van der Waals surface area (Å²) in [5.74, 6) is 1.10. The topological polar surface area (TPSA) is 212 Å². The quantitative estimate of drug-likeness (QED) is 0.165. The lowest BCUT2D eigenvalue weighted by Crippen LogP contribution is -2.51. The Hall–Kier alpha value is -3.25. The van der Waals surface area contributed by atoms with Crippen LogP contribution in [0.5, 0.6) is 0 Å². The summed E-state index contributed by atoms with van der Waals surface area (Å²) in [6, 6.07) is 1.12. The Kier molecular flexibility index (Phi) is 18.0. The molecule has 4 aliphatic rings. The van der Waals surface area contributed by atoms with Gasteiger partial charge in [0.05, 0.1) is 0 Å². The fraction of sp³-hybridized carbons (Fsp3) is 0.912. The Morgan fingerprint density at radius 3 is 1.69 bits per heavy atom. The van der Waals surface area contributed by atoms with Crippen molar-refractivity contribution in [3.63, 3.8) is 0 Å². The molecule has 15 heteroatoms. The van der Waals surface area contributed by atoms with Gasteiger partial charge in [0.2, 0.25) is 0 Å². The second-order valence-corrected chi connectivity index (χ2v) is 15.6. The van der Waals surface area contributed by atoms with Crippen molar-refractivity contribution in [2.75, 3.05) is 39.3 Å². The van der Waals surface area contributed by atoms with Crippen LogP contribution < -0.4 is 11.1 Å². The van der Waals surface area contributed by atoms with Crippen molar-refractivity contribution < 1.29 is 23.9 Å². The van der Waals surface area contributed by atoms with Crippen LogP contribution in [-0.2, 0) is 14.3 Å². The zero-order valence-corrected chi connectivity index (χ0v) is 30.8. The van der Waals surface area contributed by atoms with Gasteiger partial charge in [-0.1, -0.05) is 35.9 Å². The molecule has 15 nitrogen and oxygen atoms in total. The Bertz CT molecular complexity index is 1130. The molecular formula is C34H62N10O5. The number of ether oxygens (including phenoxy) is 2. The predicted molar refractivity (Wildman–Crippen MR) is 190 cm³/mol. The van der Waals surface area contributed by atoms with Crippen molar-refractivity contribution in [2.24, 2.45) is 27.8 Å². The molecule has 0 aromatic carbocycles. The smallest absolute Gasteiger partial charge is 0.410 e. The van der Waals surface area contributed by atoms with E-state index < -0.39 is 11.2 Å². The summed E-state index contributed by atoms with van der Waals surface area (Å²) in [6.07, 6.45) is 11.7. The van der Waals surface area contributed by atoms with E-state index in [9.17, 15) is 14.4 Å². The summed E-state index contributed by atoms with van der Waals surface area (Å²) in [7, 11) is 0. The standard InChI is InChI=1S/C17H31N5O2.C10H17NO3.C7H14N4/c1-17(2,3)24-16(23)22-10-8-14(9-11-22)20-15-7-5-4-6-13(15)12-19-21-18;1-10(2,3)14-9(13)11-6-4-8(12)5-7-11;8-7-4-2-1-3-6(7)5-10-11-9/h13-15,20H,4-12H2,1-3H3;4-7H2,1-3H3;6-7H,1-5,8H2/t13-,15+;;6-,7+/m1.1/s1. The number of rotatable bonds is 6. The number of nitrogens with zero attached hydrogens (tertiary/aromatic N) is 8. The Morgan fingerprint density at radius 1 is 0.755 bits per heavy atom. The van der Waals surface area contributed by atoms with Gasteiger partial charge in [-0.2, -0.15) is 0 Å². The van der Waals surface area contributed by atoms with Crippen molar-refractivity contribution >= 4 is 18.0 Å². The number of Topliss-reactive ketones (excluding diaryl/α,β-unsaturated/α-hetero) is 1. The number of nitrogens with one attached hydrogen (secondary N) is 1. The average molecular weight is 691 g/mol. The first kappa shape index (κ1) is 41.9. The number of carbonyl (C=O) groups excluding carboxylic acids is 3. The first-order valence-corrected chi connectivity index (χ1v) is 18.1. The number of likely N-dealkylation sites (tertiary alicyclic amines) is 2. The summed E-state index contributed by atoms with van der Waals surface area (Å²) >= 11 is 0. The number of carbonyl (C=O) groups is 3. The van der Waals surface area contributed by atoms with Crippen molar-refractivity contribution in [1.82, 2.24) is 15.1 Å². The fourth-order valence-corrected chi connectivity index (χ4v) is 6.51. The van der Waals surface area contributed by atoms with Gasteiger partial charge >= 0.3 is 12.2 Å². The maximum absolute atomic E-state index is 12.1. The SMILES string of the molecule is CC(C)(C)OC(=O)N1CCC(=O)CC1.CC(C)(C)OC(=O)N1CCC(N[C@H]2CCCC[C@@H]2CN=[N+]=[N-])CC1.[N-]=[N+]=NC[C@H]1CCCC[C@@H]1N. The van der Waals surface area contributed by atoms with E-state index in [-0.39, 0.29) is 24.0 Å². The molecule has 49 heavy (non-hydrogen) atoms. The van der Waals surface area contributed by atoms with Crippen LogP contribution in [0.2, 0.25) is 0 Å². The van der Waals surface area contributed by atoms with E-state index in [0.717, 1.165) is 51.6 Å². The van der Waals surface area contributed by atoms with Crippen molar-refractivity contribution in [3.8, 4) is 0 Å². The number of azide groups is 2. The Labute approximate surface area is 292 Å². The first-order chi connectivity index (χ1) is 23.1. The molecule has 0 aromatic rings. The first-order valence-electron chi connectivity index (χ1n) is 18.1. The Balaban J connectivity index is 0.000000282. The summed E-state index contributed by atoms with van der Waals surface area (Å²) in [5.41, 5.74) is 21.6. The lowest BCUT2D eigenvalue weighted by atomic mass is 9.83. The second-order valence-electron chi connectivity index (χ2n) is 15.6. The third-order valence-electron chi connectivity index (χ3n) is 9.21. The average Bonchev–Trinajstić information content (AvgIpc) is 3.04. The summed E-state index contributed by atoms with van der Waals surface area (Å²) < 4.78 is 10.6. The van der Waals surface area contributed by atoms with Gasteiger partial charge in [0.25, 0.3) is 0 Å². The van der Waals surface area contributed by atoms with Crippen molar-refractivity contribution in [2.45, 2.75) is 148 Å². The molecule has 2 saturated carbocycles. The van der Waals surface area contributed by atoms with Crippen LogP contribution in [0.1, 0.15) is 119 Å². The van der Waals surface area contributed by atoms with E-state index >= 15 is 0 Å². The maximum Gasteiger partial charge on any atom is 0.410 e. The van der Waals surface area contributed by atoms with Crippen molar-refractivity contribution in [3.05, 3.63) is 20.9 Å². The maximum atomic E-state index is 12.1. The third-order valence-corrected chi connectivity index (χ3v) is 9.21. The molecule has 2 amide bonds. The van der Waals surface area contributed by atoms with Gasteiger partial charge in [0.1, 0.15) is 17.0 Å². The van der Waals surface area contributed by atoms with E-state index in [1.807, 2.05) is 46.4 Å². The third kappa shape index (κ3) is 17.3. The fourth-order valence-electron chi connectivity index (χ4n) is 6.51. The van der Waals surface area contributed by atoms with E-state index in [1.54, 1.807) is 4.90 Å². The number of ketones is 1. The lowest BCUT2D eigenvalue weighted by Gasteiger charge is -2.38. The molecule has 2 saturated heterocycles. The molecule has 0 unspecified atom stereocenters. The van der Waals surface area contributed by atoms with Gasteiger partial charge in [-0.05, 0) is 103 Å². The van der Waals surface area contributed by atoms with Gasteiger partial charge in [-0.3, -0.25) is 4.79 Å². The normalized spacial score (nSPS) is 24.8. The zero-order valence-electron chi connectivity index (χ0n) is 30.8. The van der Waals surface area contributed by atoms with Gasteiger partial charge in [0, 0.05) is 80.1 Å². The van der Waals surface area contributed by atoms with Crippen LogP contribution in [0.3, 0.4) is 0 Å². The molecular weight excluding hydrogens is 628 g/mol. The molecule has 4 atom stereocenters. The minimum absolute atomic E-state index is 0.208. The van der Waals surface area contributed by atoms with Crippen LogP contribution >= 0.6 is 0 Å². The molecule has 0 spiro atoms. The predicted octanol–water partition coefficient (Wildman–Crippen LogP) is 7.25. The van der Waals surface area contributed by atoms with Gasteiger partial charge in [-0.25, -0.2) is 9.59 Å². The van der Waals surface area contributed by atoms with E-state index in [4.69, 9.17) is 26.3 Å². The summed E-state index contributed by atoms with van der Waals surface area (Å²) in [5, 5.41) is 11.1. The number of amides is 2. The van der Waals surface area contributed by atoms with Crippen LogP contribution in [0.4, 0.5) is 9.59 Å². The number of hydrogen-bond donors (Lipinski definition) is 2. The van der Waals surface area contributed by atoms with Crippen LogP contribution in [0.15, 0.2) is 10.2 Å². The van der Waals surface area contributed by atoms with E-state index in [1.165, 1.54) is 25.7 Å². The van der Waals surface area contributed by atoms with Crippen molar-refractivity contribution in [1.29, 1.82) is 0 Å². The molecule has 0 bridgehead atoms. The largest absolute Gasteiger partial charge is 0.444 e. The van der Waals surface area contributed by atoms with Crippen LogP contribution in [-0.4, -0.2) is 96.4 Å². The molecule has 0 aromatic heterocycles. The van der Waals surface area contributed by atoms with Gasteiger partial charge in [0.15, 0.2) is 0 Å². The second kappa shape index (κ2) is 21.1. The number of hydrogen-bond acceptors (Lipinski definition) is 9. The lowest BCUT2D eigenvalue weighted by molar-refractivity contribution is -0.121.